The summed E-state index contributed by atoms with van der Waals surface area (Å²) in [5.41, 5.74) is 1.16. The number of hydrogen-bond acceptors (Lipinski definition) is 6. The van der Waals surface area contributed by atoms with Crippen LogP contribution in [0.1, 0.15) is 43.5 Å². The molecule has 1 aromatic heterocycles. The topological polar surface area (TPSA) is 81.5 Å². The standard InChI is InChI=1S/C24H35N5O3/c1-18(2)16-21(25-23(30)17-31-3)24-27-26-22-11-13-28(14-15-29(22)24)12-5-6-19-7-9-20(32-4)10-8-19/h5-10,18,21H,11-17H2,1-4H3,(H,25,30)/b6-5+. The molecular weight excluding hydrogens is 406 g/mol. The lowest BCUT2D eigenvalue weighted by molar-refractivity contribution is -0.125. The largest absolute Gasteiger partial charge is 0.497 e. The number of amides is 1. The zero-order chi connectivity index (χ0) is 22.9. The molecule has 0 spiro atoms. The third-order valence-corrected chi connectivity index (χ3v) is 5.57. The molecule has 0 saturated carbocycles. The first-order chi connectivity index (χ1) is 15.5. The van der Waals surface area contributed by atoms with Crippen LogP contribution in [0, 0.1) is 5.92 Å². The molecule has 32 heavy (non-hydrogen) atoms. The number of hydrogen-bond donors (Lipinski definition) is 1. The number of benzene rings is 1. The van der Waals surface area contributed by atoms with Crippen molar-refractivity contribution in [2.24, 2.45) is 5.92 Å². The molecule has 0 fully saturated rings. The average Bonchev–Trinajstić information content (AvgIpc) is 3.07. The van der Waals surface area contributed by atoms with E-state index in [0.29, 0.717) is 5.92 Å². The van der Waals surface area contributed by atoms with Crippen molar-refractivity contribution in [1.29, 1.82) is 0 Å². The summed E-state index contributed by atoms with van der Waals surface area (Å²) in [7, 11) is 3.20. The molecule has 2 aromatic rings. The monoisotopic (exact) mass is 441 g/mol. The minimum absolute atomic E-state index is 0.0455. The zero-order valence-electron chi connectivity index (χ0n) is 19.6. The maximum Gasteiger partial charge on any atom is 0.246 e. The number of carbonyl (C=O) groups excluding carboxylic acids is 1. The first-order valence-electron chi connectivity index (χ1n) is 11.2. The van der Waals surface area contributed by atoms with Gasteiger partial charge in [-0.05, 0) is 30.0 Å². The zero-order valence-corrected chi connectivity index (χ0v) is 19.6. The Kier molecular flexibility index (Phi) is 8.81. The summed E-state index contributed by atoms with van der Waals surface area (Å²) >= 11 is 0. The molecule has 1 aliphatic heterocycles. The molecule has 174 valence electrons. The van der Waals surface area contributed by atoms with E-state index in [-0.39, 0.29) is 18.6 Å². The molecule has 0 radical (unpaired) electrons. The second-order valence-corrected chi connectivity index (χ2v) is 8.53. The van der Waals surface area contributed by atoms with Gasteiger partial charge in [0, 0.05) is 39.7 Å². The highest BCUT2D eigenvalue weighted by Crippen LogP contribution is 2.22. The van der Waals surface area contributed by atoms with Gasteiger partial charge in [0.05, 0.1) is 13.2 Å². The number of nitrogens with zero attached hydrogens (tertiary/aromatic N) is 4. The van der Waals surface area contributed by atoms with E-state index in [0.717, 1.165) is 62.0 Å². The van der Waals surface area contributed by atoms with Crippen molar-refractivity contribution in [2.45, 2.75) is 39.3 Å². The first kappa shape index (κ1) is 23.9. The maximum absolute atomic E-state index is 12.2. The van der Waals surface area contributed by atoms with E-state index in [1.165, 1.54) is 7.11 Å². The average molecular weight is 442 g/mol. The maximum atomic E-state index is 12.2. The summed E-state index contributed by atoms with van der Waals surface area (Å²) in [4.78, 5) is 14.6. The molecule has 1 amide bonds. The SMILES string of the molecule is COCC(=O)NC(CC(C)C)c1nnc2n1CCN(C/C=C/c1ccc(OC)cc1)CC2. The summed E-state index contributed by atoms with van der Waals surface area (Å²) in [5, 5.41) is 12.0. The number of rotatable bonds is 10. The highest BCUT2D eigenvalue weighted by atomic mass is 16.5. The molecule has 8 heteroatoms. The molecule has 2 heterocycles. The third-order valence-electron chi connectivity index (χ3n) is 5.57. The summed E-state index contributed by atoms with van der Waals surface area (Å²) in [6.45, 7) is 7.85. The van der Waals surface area contributed by atoms with Gasteiger partial charge in [-0.1, -0.05) is 38.1 Å². The molecule has 1 aliphatic rings. The lowest BCUT2D eigenvalue weighted by Crippen LogP contribution is -2.34. The Morgan fingerprint density at radius 1 is 1.16 bits per heavy atom. The van der Waals surface area contributed by atoms with Gasteiger partial charge in [-0.25, -0.2) is 0 Å². The third kappa shape index (κ3) is 6.64. The van der Waals surface area contributed by atoms with E-state index in [1.54, 1.807) is 7.11 Å². The Labute approximate surface area is 190 Å². The fraction of sp³-hybridized carbons (Fsp3) is 0.542. The number of carbonyl (C=O) groups is 1. The number of aromatic nitrogens is 3. The molecule has 1 aromatic carbocycles. The fourth-order valence-electron chi connectivity index (χ4n) is 3.95. The molecule has 0 bridgehead atoms. The first-order valence-corrected chi connectivity index (χ1v) is 11.2. The van der Waals surface area contributed by atoms with Gasteiger partial charge < -0.3 is 19.4 Å². The summed E-state index contributed by atoms with van der Waals surface area (Å²) in [5.74, 6) is 2.98. The van der Waals surface area contributed by atoms with Gasteiger partial charge in [-0.15, -0.1) is 10.2 Å². The summed E-state index contributed by atoms with van der Waals surface area (Å²) < 4.78 is 12.4. The van der Waals surface area contributed by atoms with E-state index in [2.05, 4.69) is 63.1 Å². The molecule has 3 rings (SSSR count). The molecule has 0 aliphatic carbocycles. The van der Waals surface area contributed by atoms with Gasteiger partial charge in [-0.2, -0.15) is 0 Å². The van der Waals surface area contributed by atoms with Crippen LogP contribution < -0.4 is 10.1 Å². The smallest absolute Gasteiger partial charge is 0.246 e. The van der Waals surface area contributed by atoms with Crippen molar-refractivity contribution in [3.05, 3.63) is 47.6 Å². The second kappa shape index (κ2) is 11.8. The predicted octanol–water partition coefficient (Wildman–Crippen LogP) is 2.71. The molecular formula is C24H35N5O3. The predicted molar refractivity (Wildman–Crippen MR) is 124 cm³/mol. The highest BCUT2D eigenvalue weighted by Gasteiger charge is 2.25. The van der Waals surface area contributed by atoms with Crippen LogP contribution in [0.3, 0.4) is 0 Å². The second-order valence-electron chi connectivity index (χ2n) is 8.53. The van der Waals surface area contributed by atoms with Crippen LogP contribution in [0.25, 0.3) is 6.08 Å². The van der Waals surface area contributed by atoms with Crippen LogP contribution in [0.2, 0.25) is 0 Å². The van der Waals surface area contributed by atoms with Gasteiger partial charge in [0.2, 0.25) is 5.91 Å². The van der Waals surface area contributed by atoms with Crippen LogP contribution in [0.4, 0.5) is 0 Å². The number of nitrogens with one attached hydrogen (secondary N) is 1. The Balaban J connectivity index is 1.62. The van der Waals surface area contributed by atoms with Gasteiger partial charge >= 0.3 is 0 Å². The van der Waals surface area contributed by atoms with Gasteiger partial charge in [0.1, 0.15) is 18.2 Å². The lowest BCUT2D eigenvalue weighted by Gasteiger charge is -2.21. The van der Waals surface area contributed by atoms with Crippen molar-refractivity contribution in [3.8, 4) is 5.75 Å². The van der Waals surface area contributed by atoms with Crippen LogP contribution in [-0.4, -0.2) is 66.0 Å². The number of methoxy groups -OCH3 is 2. The van der Waals surface area contributed by atoms with Crippen molar-refractivity contribution in [2.75, 3.05) is 40.5 Å². The Morgan fingerprint density at radius 3 is 2.62 bits per heavy atom. The fourth-order valence-corrected chi connectivity index (χ4v) is 3.95. The Hall–Kier alpha value is -2.71. The summed E-state index contributed by atoms with van der Waals surface area (Å²) in [6.07, 6.45) is 5.98. The van der Waals surface area contributed by atoms with Crippen molar-refractivity contribution < 1.29 is 14.3 Å². The van der Waals surface area contributed by atoms with Crippen LogP contribution in [-0.2, 0) is 22.5 Å². The van der Waals surface area contributed by atoms with Gasteiger partial charge in [0.15, 0.2) is 5.82 Å². The van der Waals surface area contributed by atoms with E-state index in [1.807, 2.05) is 12.1 Å². The molecule has 1 unspecified atom stereocenters. The number of ether oxygens (including phenoxy) is 2. The lowest BCUT2D eigenvalue weighted by atomic mass is 10.0. The van der Waals surface area contributed by atoms with Gasteiger partial charge in [0.25, 0.3) is 0 Å². The van der Waals surface area contributed by atoms with Crippen LogP contribution >= 0.6 is 0 Å². The molecule has 8 nitrogen and oxygen atoms in total. The van der Waals surface area contributed by atoms with Crippen molar-refractivity contribution >= 4 is 12.0 Å². The van der Waals surface area contributed by atoms with Crippen molar-refractivity contribution in [3.63, 3.8) is 0 Å². The molecule has 1 atom stereocenters. The Morgan fingerprint density at radius 2 is 1.94 bits per heavy atom. The molecule has 1 N–H and O–H groups in total. The van der Waals surface area contributed by atoms with E-state index in [4.69, 9.17) is 9.47 Å². The Bertz CT molecular complexity index is 892. The van der Waals surface area contributed by atoms with Crippen LogP contribution in [0.15, 0.2) is 30.3 Å². The van der Waals surface area contributed by atoms with E-state index in [9.17, 15) is 4.79 Å². The quantitative estimate of drug-likeness (QED) is 0.611. The minimum Gasteiger partial charge on any atom is -0.497 e. The molecule has 0 saturated heterocycles. The number of fused-ring (bicyclic) bond motifs is 1. The van der Waals surface area contributed by atoms with E-state index >= 15 is 0 Å². The van der Waals surface area contributed by atoms with Gasteiger partial charge in [-0.3, -0.25) is 9.69 Å². The summed E-state index contributed by atoms with van der Waals surface area (Å²) in [6, 6.07) is 7.88. The van der Waals surface area contributed by atoms with Crippen molar-refractivity contribution in [1.82, 2.24) is 25.0 Å². The van der Waals surface area contributed by atoms with E-state index < -0.39 is 0 Å². The minimum atomic E-state index is -0.166. The highest BCUT2D eigenvalue weighted by molar-refractivity contribution is 5.77. The normalized spacial score (nSPS) is 15.5. The van der Waals surface area contributed by atoms with Crippen LogP contribution in [0.5, 0.6) is 5.75 Å².